The molecule has 0 aliphatic heterocycles. The van der Waals surface area contributed by atoms with Crippen molar-refractivity contribution in [3.63, 3.8) is 0 Å². The number of amides is 1. The van der Waals surface area contributed by atoms with Gasteiger partial charge in [0.15, 0.2) is 5.11 Å². The highest BCUT2D eigenvalue weighted by Gasteiger charge is 2.34. The number of rotatable bonds is 4. The smallest absolute Gasteiger partial charge is 0.236 e. The molecule has 0 fully saturated rings. The second-order valence-corrected chi connectivity index (χ2v) is 7.64. The molecule has 1 aromatic carbocycles. The molecule has 1 aromatic rings. The minimum atomic E-state index is -1.80. The van der Waals surface area contributed by atoms with E-state index in [4.69, 9.17) is 58.6 Å². The molecule has 0 aliphatic rings. The first-order valence-corrected chi connectivity index (χ1v) is 8.28. The molecule has 0 heterocycles. The molecule has 9 heteroatoms. The van der Waals surface area contributed by atoms with Crippen molar-refractivity contribution in [1.82, 2.24) is 10.6 Å². The van der Waals surface area contributed by atoms with Crippen LogP contribution in [0.5, 0.6) is 0 Å². The molecule has 1 rings (SSSR count). The zero-order valence-electron chi connectivity index (χ0n) is 11.8. The zero-order chi connectivity index (χ0) is 16.9. The molecule has 3 N–H and O–H groups in total. The lowest BCUT2D eigenvalue weighted by Crippen LogP contribution is -2.56. The first-order valence-electron chi connectivity index (χ1n) is 6.20. The van der Waals surface area contributed by atoms with Crippen molar-refractivity contribution < 1.29 is 4.79 Å². The average molecular weight is 403 g/mol. The molecule has 122 valence electrons. The number of hydrogen-bond acceptors (Lipinski definition) is 2. The van der Waals surface area contributed by atoms with E-state index in [9.17, 15) is 4.79 Å². The van der Waals surface area contributed by atoms with E-state index in [0.29, 0.717) is 0 Å². The summed E-state index contributed by atoms with van der Waals surface area (Å²) in [7, 11) is 0. The van der Waals surface area contributed by atoms with E-state index in [1.807, 2.05) is 32.0 Å². The molecule has 0 radical (unpaired) electrons. The van der Waals surface area contributed by atoms with Crippen molar-refractivity contribution in [2.45, 2.75) is 23.8 Å². The van der Waals surface area contributed by atoms with Crippen molar-refractivity contribution in [2.24, 2.45) is 0 Å². The highest BCUT2D eigenvalue weighted by molar-refractivity contribution is 7.80. The lowest BCUT2D eigenvalue weighted by molar-refractivity contribution is -0.119. The van der Waals surface area contributed by atoms with Crippen molar-refractivity contribution in [3.8, 4) is 0 Å². The zero-order valence-corrected chi connectivity index (χ0v) is 15.7. The highest BCUT2D eigenvalue weighted by atomic mass is 35.6. The van der Waals surface area contributed by atoms with Crippen molar-refractivity contribution in [1.29, 1.82) is 0 Å². The van der Waals surface area contributed by atoms with E-state index in [2.05, 4.69) is 16.0 Å². The predicted octanol–water partition coefficient (Wildman–Crippen LogP) is 3.64. The lowest BCUT2D eigenvalue weighted by Gasteiger charge is -2.27. The van der Waals surface area contributed by atoms with Gasteiger partial charge in [0.2, 0.25) is 9.70 Å². The van der Waals surface area contributed by atoms with Gasteiger partial charge in [-0.15, -0.1) is 11.6 Å². The third-order valence-corrected chi connectivity index (χ3v) is 3.78. The maximum Gasteiger partial charge on any atom is 0.236 e. The number of nitrogens with one attached hydrogen (secondary N) is 3. The van der Waals surface area contributed by atoms with Gasteiger partial charge in [-0.3, -0.25) is 4.79 Å². The maximum atomic E-state index is 11.4. The topological polar surface area (TPSA) is 53.2 Å². The number of alkyl halides is 4. The summed E-state index contributed by atoms with van der Waals surface area (Å²) < 4.78 is -1.80. The Labute approximate surface area is 154 Å². The third-order valence-electron chi connectivity index (χ3n) is 2.66. The van der Waals surface area contributed by atoms with Gasteiger partial charge in [-0.1, -0.05) is 52.5 Å². The fraction of sp³-hybridized carbons (Fsp3) is 0.385. The van der Waals surface area contributed by atoms with Gasteiger partial charge >= 0.3 is 0 Å². The fourth-order valence-electron chi connectivity index (χ4n) is 1.64. The van der Waals surface area contributed by atoms with Gasteiger partial charge in [0, 0.05) is 5.69 Å². The van der Waals surface area contributed by atoms with Crippen molar-refractivity contribution >= 4 is 75.3 Å². The summed E-state index contributed by atoms with van der Waals surface area (Å²) in [5.41, 5.74) is 2.96. The second kappa shape index (κ2) is 8.41. The summed E-state index contributed by atoms with van der Waals surface area (Å²) in [4.78, 5) is 11.4. The largest absolute Gasteiger partial charge is 0.339 e. The quantitative estimate of drug-likeness (QED) is 0.408. The van der Waals surface area contributed by atoms with E-state index in [-0.39, 0.29) is 11.0 Å². The van der Waals surface area contributed by atoms with Crippen LogP contribution in [0, 0.1) is 13.8 Å². The van der Waals surface area contributed by atoms with Gasteiger partial charge in [0.05, 0.1) is 0 Å². The van der Waals surface area contributed by atoms with Gasteiger partial charge in [-0.05, 0) is 37.7 Å². The van der Waals surface area contributed by atoms with Crippen molar-refractivity contribution in [3.05, 3.63) is 29.3 Å². The molecule has 22 heavy (non-hydrogen) atoms. The van der Waals surface area contributed by atoms with Crippen LogP contribution in [0.1, 0.15) is 11.1 Å². The molecule has 0 saturated heterocycles. The molecule has 0 bridgehead atoms. The molecule has 0 spiro atoms. The van der Waals surface area contributed by atoms with Crippen LogP contribution >= 0.6 is 58.6 Å². The molecular weight excluding hydrogens is 388 g/mol. The number of aryl methyl sites for hydroxylation is 2. The summed E-state index contributed by atoms with van der Waals surface area (Å²) >= 11 is 28.1. The number of anilines is 1. The summed E-state index contributed by atoms with van der Waals surface area (Å²) in [6, 6.07) is 5.84. The third kappa shape index (κ3) is 6.34. The maximum absolute atomic E-state index is 11.4. The van der Waals surface area contributed by atoms with E-state index < -0.39 is 15.9 Å². The molecule has 1 atom stereocenters. The normalized spacial score (nSPS) is 12.5. The Kier molecular flexibility index (Phi) is 7.49. The van der Waals surface area contributed by atoms with Gasteiger partial charge in [0.1, 0.15) is 12.0 Å². The standard InChI is InChI=1S/C13H15Cl4N3OS/c1-7-3-4-9(8(2)5-7)18-12(22)20-11(13(15,16)17)19-10(21)6-14/h3-5,11H,6H2,1-2H3,(H,19,21)(H2,18,20,22)/t11-/m1/s1. The van der Waals surface area contributed by atoms with Crippen LogP contribution in [-0.4, -0.2) is 26.9 Å². The van der Waals surface area contributed by atoms with Crippen LogP contribution in [0.25, 0.3) is 0 Å². The number of halogens is 4. The van der Waals surface area contributed by atoms with Crippen LogP contribution in [0.4, 0.5) is 5.69 Å². The predicted molar refractivity (Wildman–Crippen MR) is 98.2 cm³/mol. The first kappa shape index (κ1) is 19.6. The molecule has 0 saturated carbocycles. The number of carbonyl (C=O) groups is 1. The Balaban J connectivity index is 2.76. The van der Waals surface area contributed by atoms with Crippen LogP contribution in [-0.2, 0) is 4.79 Å². The minimum absolute atomic E-state index is 0.207. The fourth-order valence-corrected chi connectivity index (χ4v) is 2.27. The highest BCUT2D eigenvalue weighted by Crippen LogP contribution is 2.29. The van der Waals surface area contributed by atoms with Crippen molar-refractivity contribution in [2.75, 3.05) is 11.2 Å². The van der Waals surface area contributed by atoms with E-state index in [1.165, 1.54) is 0 Å². The lowest BCUT2D eigenvalue weighted by atomic mass is 10.1. The van der Waals surface area contributed by atoms with Crippen LogP contribution < -0.4 is 16.0 Å². The summed E-state index contributed by atoms with van der Waals surface area (Å²) in [6.07, 6.45) is -1.02. The molecular formula is C13H15Cl4N3OS. The SMILES string of the molecule is Cc1ccc(NC(=S)N[C@@H](NC(=O)CCl)C(Cl)(Cl)Cl)c(C)c1. The number of thiocarbonyl (C=S) groups is 1. The summed E-state index contributed by atoms with van der Waals surface area (Å²) in [5, 5.41) is 8.39. The minimum Gasteiger partial charge on any atom is -0.339 e. The number of hydrogen-bond donors (Lipinski definition) is 3. The van der Waals surface area contributed by atoms with Gasteiger partial charge < -0.3 is 16.0 Å². The van der Waals surface area contributed by atoms with E-state index in [1.54, 1.807) is 0 Å². The molecule has 0 aromatic heterocycles. The molecule has 0 unspecified atom stereocenters. The van der Waals surface area contributed by atoms with Crippen LogP contribution in [0.2, 0.25) is 0 Å². The number of carbonyl (C=O) groups excluding carboxylic acids is 1. The number of benzene rings is 1. The second-order valence-electron chi connectivity index (χ2n) is 4.59. The van der Waals surface area contributed by atoms with Gasteiger partial charge in [-0.2, -0.15) is 0 Å². The monoisotopic (exact) mass is 401 g/mol. The summed E-state index contributed by atoms with van der Waals surface area (Å²) in [5.74, 6) is -0.740. The molecule has 1 amide bonds. The first-order chi connectivity index (χ1) is 10.1. The Morgan fingerprint density at radius 3 is 2.41 bits per heavy atom. The molecule has 4 nitrogen and oxygen atoms in total. The average Bonchev–Trinajstić information content (AvgIpc) is 2.40. The van der Waals surface area contributed by atoms with E-state index in [0.717, 1.165) is 16.8 Å². The van der Waals surface area contributed by atoms with E-state index >= 15 is 0 Å². The van der Waals surface area contributed by atoms with Crippen LogP contribution in [0.3, 0.4) is 0 Å². The Morgan fingerprint density at radius 1 is 1.27 bits per heavy atom. The van der Waals surface area contributed by atoms with Gasteiger partial charge in [-0.25, -0.2) is 0 Å². The molecule has 0 aliphatic carbocycles. The Morgan fingerprint density at radius 2 is 1.91 bits per heavy atom. The van der Waals surface area contributed by atoms with Crippen LogP contribution in [0.15, 0.2) is 18.2 Å². The Hall–Kier alpha value is -0.460. The van der Waals surface area contributed by atoms with Gasteiger partial charge in [0.25, 0.3) is 0 Å². The Bertz CT molecular complexity index is 563. The summed E-state index contributed by atoms with van der Waals surface area (Å²) in [6.45, 7) is 3.94.